The van der Waals surface area contributed by atoms with Crippen LogP contribution in [0.4, 0.5) is 0 Å². The standard InChI is InChI=1S/C20H38O3/c1-19(13-9-5-4-6-10-14-19)23-17-20(15-21-2,16-22-3)18-11-7-8-12-18/h18H,4-17H2,1-3H3. The van der Waals surface area contributed by atoms with E-state index >= 15 is 0 Å². The van der Waals surface area contributed by atoms with Gasteiger partial charge in [0.25, 0.3) is 0 Å². The molecule has 2 rings (SSSR count). The maximum absolute atomic E-state index is 6.63. The first-order chi connectivity index (χ1) is 11.1. The van der Waals surface area contributed by atoms with Gasteiger partial charge >= 0.3 is 0 Å². The molecule has 0 radical (unpaired) electrons. The van der Waals surface area contributed by atoms with Crippen LogP contribution in [0.15, 0.2) is 0 Å². The van der Waals surface area contributed by atoms with Gasteiger partial charge in [0.05, 0.1) is 25.4 Å². The van der Waals surface area contributed by atoms with Crippen LogP contribution in [-0.4, -0.2) is 39.6 Å². The van der Waals surface area contributed by atoms with E-state index in [0.29, 0.717) is 5.92 Å². The van der Waals surface area contributed by atoms with Crippen LogP contribution in [0.2, 0.25) is 0 Å². The Balaban J connectivity index is 2.02. The Morgan fingerprint density at radius 1 is 0.783 bits per heavy atom. The van der Waals surface area contributed by atoms with Crippen molar-refractivity contribution in [3.05, 3.63) is 0 Å². The normalized spacial score (nSPS) is 23.6. The van der Waals surface area contributed by atoms with Crippen molar-refractivity contribution in [1.82, 2.24) is 0 Å². The summed E-state index contributed by atoms with van der Waals surface area (Å²) in [7, 11) is 3.63. The second-order valence-electron chi connectivity index (χ2n) is 8.22. The third-order valence-electron chi connectivity index (χ3n) is 6.20. The number of ether oxygens (including phenoxy) is 3. The number of hydrogen-bond acceptors (Lipinski definition) is 3. The van der Waals surface area contributed by atoms with Crippen molar-refractivity contribution in [3.63, 3.8) is 0 Å². The van der Waals surface area contributed by atoms with Crippen molar-refractivity contribution in [2.45, 2.75) is 83.2 Å². The molecule has 23 heavy (non-hydrogen) atoms. The SMILES string of the molecule is COCC(COC)(COC1(C)CCCCCCC1)C1CCCC1. The lowest BCUT2D eigenvalue weighted by molar-refractivity contribution is -0.136. The summed E-state index contributed by atoms with van der Waals surface area (Å²) in [6.07, 6.45) is 14.4. The molecule has 0 aromatic heterocycles. The molecular weight excluding hydrogens is 288 g/mol. The molecule has 0 atom stereocenters. The minimum atomic E-state index is 0.0331. The second kappa shape index (κ2) is 9.39. The van der Waals surface area contributed by atoms with Crippen molar-refractivity contribution >= 4 is 0 Å². The fraction of sp³-hybridized carbons (Fsp3) is 1.00. The van der Waals surface area contributed by atoms with E-state index in [-0.39, 0.29) is 11.0 Å². The predicted octanol–water partition coefficient (Wildman–Crippen LogP) is 4.98. The van der Waals surface area contributed by atoms with Crippen molar-refractivity contribution in [2.24, 2.45) is 11.3 Å². The molecule has 0 saturated heterocycles. The summed E-state index contributed by atoms with van der Waals surface area (Å²) in [4.78, 5) is 0. The van der Waals surface area contributed by atoms with E-state index < -0.39 is 0 Å². The fourth-order valence-electron chi connectivity index (χ4n) is 4.71. The van der Waals surface area contributed by atoms with E-state index in [1.54, 1.807) is 0 Å². The molecule has 0 bridgehead atoms. The topological polar surface area (TPSA) is 27.7 Å². The molecule has 2 aliphatic rings. The predicted molar refractivity (Wildman–Crippen MR) is 94.8 cm³/mol. The molecule has 3 nitrogen and oxygen atoms in total. The average molecular weight is 327 g/mol. The van der Waals surface area contributed by atoms with E-state index in [1.807, 2.05) is 14.2 Å². The van der Waals surface area contributed by atoms with Crippen molar-refractivity contribution in [3.8, 4) is 0 Å². The molecule has 3 heteroatoms. The first kappa shape index (κ1) is 19.2. The van der Waals surface area contributed by atoms with Gasteiger partial charge in [0.1, 0.15) is 0 Å². The highest BCUT2D eigenvalue weighted by molar-refractivity contribution is 4.91. The molecule has 0 unspecified atom stereocenters. The largest absolute Gasteiger partial charge is 0.384 e. The van der Waals surface area contributed by atoms with Crippen LogP contribution >= 0.6 is 0 Å². The summed E-state index contributed by atoms with van der Waals surface area (Å²) in [6.45, 7) is 4.62. The fourth-order valence-corrected chi connectivity index (χ4v) is 4.71. The van der Waals surface area contributed by atoms with Gasteiger partial charge in [-0.15, -0.1) is 0 Å². The molecule has 0 heterocycles. The minimum Gasteiger partial charge on any atom is -0.384 e. The van der Waals surface area contributed by atoms with Crippen molar-refractivity contribution in [1.29, 1.82) is 0 Å². The van der Waals surface area contributed by atoms with Crippen molar-refractivity contribution in [2.75, 3.05) is 34.0 Å². The van der Waals surface area contributed by atoms with Crippen LogP contribution in [0.3, 0.4) is 0 Å². The Morgan fingerprint density at radius 3 is 1.83 bits per heavy atom. The molecule has 0 aromatic rings. The molecular formula is C20H38O3. The zero-order valence-corrected chi connectivity index (χ0v) is 15.7. The van der Waals surface area contributed by atoms with Crippen LogP contribution in [0, 0.1) is 11.3 Å². The molecule has 0 aromatic carbocycles. The molecule has 136 valence electrons. The number of rotatable bonds is 8. The van der Waals surface area contributed by atoms with Gasteiger partial charge in [-0.1, -0.05) is 44.9 Å². The lowest BCUT2D eigenvalue weighted by Gasteiger charge is -2.42. The van der Waals surface area contributed by atoms with Gasteiger partial charge in [-0.05, 0) is 38.5 Å². The smallest absolute Gasteiger partial charge is 0.0654 e. The van der Waals surface area contributed by atoms with E-state index in [4.69, 9.17) is 14.2 Å². The Morgan fingerprint density at radius 2 is 1.30 bits per heavy atom. The first-order valence-electron chi connectivity index (χ1n) is 9.76. The summed E-state index contributed by atoms with van der Waals surface area (Å²) >= 11 is 0. The average Bonchev–Trinajstić information content (AvgIpc) is 3.05. The molecule has 0 N–H and O–H groups in total. The highest BCUT2D eigenvalue weighted by atomic mass is 16.5. The van der Waals surface area contributed by atoms with E-state index in [2.05, 4.69) is 6.92 Å². The monoisotopic (exact) mass is 326 g/mol. The highest BCUT2D eigenvalue weighted by Gasteiger charge is 2.42. The number of hydrogen-bond donors (Lipinski definition) is 0. The molecule has 0 spiro atoms. The van der Waals surface area contributed by atoms with Gasteiger partial charge < -0.3 is 14.2 Å². The van der Waals surface area contributed by atoms with Crippen molar-refractivity contribution < 1.29 is 14.2 Å². The Kier molecular flexibility index (Phi) is 7.84. The van der Waals surface area contributed by atoms with Gasteiger partial charge in [-0.3, -0.25) is 0 Å². The number of methoxy groups -OCH3 is 2. The zero-order valence-electron chi connectivity index (χ0n) is 15.7. The maximum atomic E-state index is 6.63. The van der Waals surface area contributed by atoms with Crippen LogP contribution in [0.1, 0.15) is 77.6 Å². The second-order valence-corrected chi connectivity index (χ2v) is 8.22. The summed E-state index contributed by atoms with van der Waals surface area (Å²) in [6, 6.07) is 0. The third kappa shape index (κ3) is 5.44. The van der Waals surface area contributed by atoms with E-state index in [1.165, 1.54) is 70.6 Å². The van der Waals surface area contributed by atoms with Gasteiger partial charge in [0.15, 0.2) is 0 Å². The molecule has 0 amide bonds. The van der Waals surface area contributed by atoms with Crippen LogP contribution in [0.5, 0.6) is 0 Å². The lowest BCUT2D eigenvalue weighted by atomic mass is 9.75. The van der Waals surface area contributed by atoms with Gasteiger partial charge in [-0.25, -0.2) is 0 Å². The third-order valence-corrected chi connectivity index (χ3v) is 6.20. The highest BCUT2D eigenvalue weighted by Crippen LogP contribution is 2.42. The molecule has 0 aliphatic heterocycles. The van der Waals surface area contributed by atoms with Crippen LogP contribution in [0.25, 0.3) is 0 Å². The zero-order chi connectivity index (χ0) is 16.6. The molecule has 2 fully saturated rings. The van der Waals surface area contributed by atoms with Gasteiger partial charge in [0, 0.05) is 19.6 Å². The first-order valence-corrected chi connectivity index (χ1v) is 9.76. The quantitative estimate of drug-likeness (QED) is 0.630. The Hall–Kier alpha value is -0.120. The molecule has 2 aliphatic carbocycles. The lowest BCUT2D eigenvalue weighted by Crippen LogP contribution is -2.45. The van der Waals surface area contributed by atoms with Crippen LogP contribution < -0.4 is 0 Å². The van der Waals surface area contributed by atoms with Gasteiger partial charge in [-0.2, -0.15) is 0 Å². The molecule has 2 saturated carbocycles. The Labute approximate surface area is 143 Å². The summed E-state index contributed by atoms with van der Waals surface area (Å²) in [5.41, 5.74) is 0.0805. The summed E-state index contributed by atoms with van der Waals surface area (Å²) in [5.74, 6) is 0.680. The van der Waals surface area contributed by atoms with E-state index in [9.17, 15) is 0 Å². The Bertz CT molecular complexity index is 309. The van der Waals surface area contributed by atoms with E-state index in [0.717, 1.165) is 19.8 Å². The minimum absolute atomic E-state index is 0.0331. The summed E-state index contributed by atoms with van der Waals surface area (Å²) < 4.78 is 17.9. The van der Waals surface area contributed by atoms with Crippen LogP contribution in [-0.2, 0) is 14.2 Å². The summed E-state index contributed by atoms with van der Waals surface area (Å²) in [5, 5.41) is 0. The maximum Gasteiger partial charge on any atom is 0.0654 e. The van der Waals surface area contributed by atoms with Gasteiger partial charge in [0.2, 0.25) is 0 Å².